The van der Waals surface area contributed by atoms with E-state index in [0.29, 0.717) is 6.42 Å². The van der Waals surface area contributed by atoms with Gasteiger partial charge in [-0.25, -0.2) is 0 Å². The predicted molar refractivity (Wildman–Crippen MR) is 170 cm³/mol. The van der Waals surface area contributed by atoms with E-state index in [1.165, 1.54) is 45.3 Å². The molecule has 0 saturated carbocycles. The molecule has 202 valence electrons. The second-order valence-electron chi connectivity index (χ2n) is 11.5. The number of nitrogens with zero attached hydrogens (tertiary/aromatic N) is 4. The van der Waals surface area contributed by atoms with Crippen molar-refractivity contribution in [2.45, 2.75) is 51.9 Å². The van der Waals surface area contributed by atoms with Gasteiger partial charge in [0.25, 0.3) is 0 Å². The monoisotopic (exact) mass is 534 g/mol. The van der Waals surface area contributed by atoms with Crippen molar-refractivity contribution >= 4 is 28.9 Å². The molecule has 41 heavy (non-hydrogen) atoms. The summed E-state index contributed by atoms with van der Waals surface area (Å²) in [6, 6.07) is 20.1. The standard InChI is InChI=1S/C37H34N4/c1-37(25-38)24-23-31(39-26-37)28-21-19-27(20-22-28)30-13-5-6-14-32(30)41-35-17-9-7-15-33(35)40(29-11-3-2-4-12-29)34-16-8-10-18-36(34)41/h2-3,5,7-9,11,13,15-17,19-23,26H,4,6,10,12,14,18,24H2,1H3/t37-/m1/s1. The molecule has 4 nitrogen and oxygen atoms in total. The van der Waals surface area contributed by atoms with Crippen LogP contribution in [0.2, 0.25) is 0 Å². The van der Waals surface area contributed by atoms with Crippen LogP contribution in [-0.4, -0.2) is 6.21 Å². The fraction of sp³-hybridized carbons (Fsp3) is 0.243. The Hall–Kier alpha value is -4.62. The summed E-state index contributed by atoms with van der Waals surface area (Å²) in [5.41, 5.74) is 12.0. The molecular weight excluding hydrogens is 500 g/mol. The van der Waals surface area contributed by atoms with E-state index in [2.05, 4.69) is 118 Å². The van der Waals surface area contributed by atoms with Crippen molar-refractivity contribution in [3.8, 4) is 6.07 Å². The smallest absolute Gasteiger partial charge is 0.0931 e. The quantitative estimate of drug-likeness (QED) is 0.393. The van der Waals surface area contributed by atoms with E-state index in [1.54, 1.807) is 6.21 Å². The molecule has 2 aliphatic heterocycles. The van der Waals surface area contributed by atoms with Crippen molar-refractivity contribution in [1.82, 2.24) is 0 Å². The van der Waals surface area contributed by atoms with Crippen LogP contribution >= 0.6 is 0 Å². The summed E-state index contributed by atoms with van der Waals surface area (Å²) < 4.78 is 0. The van der Waals surface area contributed by atoms with Gasteiger partial charge in [-0.05, 0) is 87.3 Å². The fourth-order valence-corrected chi connectivity index (χ4v) is 6.44. The van der Waals surface area contributed by atoms with Crippen molar-refractivity contribution in [1.29, 1.82) is 5.26 Å². The number of fused-ring (bicyclic) bond motifs is 1. The first-order valence-electron chi connectivity index (χ1n) is 14.8. The topological polar surface area (TPSA) is 42.6 Å². The maximum absolute atomic E-state index is 9.43. The first kappa shape index (κ1) is 25.4. The lowest BCUT2D eigenvalue weighted by molar-refractivity contribution is 0.633. The number of anilines is 2. The van der Waals surface area contributed by atoms with Crippen molar-refractivity contribution in [3.63, 3.8) is 0 Å². The van der Waals surface area contributed by atoms with Gasteiger partial charge in [-0.3, -0.25) is 4.99 Å². The molecule has 0 fully saturated rings. The fourth-order valence-electron chi connectivity index (χ4n) is 6.44. The molecule has 0 radical (unpaired) electrons. The van der Waals surface area contributed by atoms with Crippen molar-refractivity contribution in [3.05, 3.63) is 131 Å². The Kier molecular flexibility index (Phi) is 6.44. The van der Waals surface area contributed by atoms with Gasteiger partial charge in [0.2, 0.25) is 0 Å². The zero-order valence-electron chi connectivity index (χ0n) is 23.6. The molecule has 4 heteroatoms. The first-order chi connectivity index (χ1) is 20.1. The van der Waals surface area contributed by atoms with Gasteiger partial charge in [-0.2, -0.15) is 5.26 Å². The third kappa shape index (κ3) is 4.52. The molecule has 0 amide bonds. The highest BCUT2D eigenvalue weighted by Gasteiger charge is 2.35. The second-order valence-corrected chi connectivity index (χ2v) is 11.5. The van der Waals surface area contributed by atoms with Gasteiger partial charge in [0.15, 0.2) is 0 Å². The van der Waals surface area contributed by atoms with Gasteiger partial charge in [0, 0.05) is 28.9 Å². The van der Waals surface area contributed by atoms with E-state index in [1.807, 2.05) is 6.92 Å². The van der Waals surface area contributed by atoms with Crippen molar-refractivity contribution in [2.24, 2.45) is 10.4 Å². The molecule has 2 heterocycles. The lowest BCUT2D eigenvalue weighted by Gasteiger charge is -2.45. The zero-order chi connectivity index (χ0) is 27.8. The Labute approximate surface area is 243 Å². The number of rotatable bonds is 4. The highest BCUT2D eigenvalue weighted by molar-refractivity contribution is 5.90. The molecule has 3 aliphatic carbocycles. The molecule has 5 aliphatic rings. The number of allylic oxidation sites excluding steroid dienone is 12. The number of hydrogen-bond donors (Lipinski definition) is 0. The van der Waals surface area contributed by atoms with E-state index >= 15 is 0 Å². The maximum Gasteiger partial charge on any atom is 0.0931 e. The number of benzene rings is 2. The Morgan fingerprint density at radius 3 is 2.22 bits per heavy atom. The van der Waals surface area contributed by atoms with Gasteiger partial charge < -0.3 is 9.80 Å². The minimum atomic E-state index is -0.511. The van der Waals surface area contributed by atoms with Crippen LogP contribution in [0.25, 0.3) is 11.3 Å². The van der Waals surface area contributed by atoms with E-state index in [0.717, 1.165) is 49.8 Å². The first-order valence-corrected chi connectivity index (χ1v) is 14.8. The molecule has 0 spiro atoms. The van der Waals surface area contributed by atoms with Gasteiger partial charge in [0.1, 0.15) is 0 Å². The van der Waals surface area contributed by atoms with E-state index in [9.17, 15) is 5.26 Å². The molecule has 1 atom stereocenters. The van der Waals surface area contributed by atoms with Crippen molar-refractivity contribution in [2.75, 3.05) is 9.80 Å². The average molecular weight is 535 g/mol. The van der Waals surface area contributed by atoms with Crippen LogP contribution in [0.4, 0.5) is 11.4 Å². The molecular formula is C37H34N4. The van der Waals surface area contributed by atoms with E-state index in [4.69, 9.17) is 0 Å². The van der Waals surface area contributed by atoms with Crippen LogP contribution in [0.15, 0.2) is 125 Å². The predicted octanol–water partition coefficient (Wildman–Crippen LogP) is 9.22. The minimum absolute atomic E-state index is 0.511. The summed E-state index contributed by atoms with van der Waals surface area (Å²) in [5.74, 6) is 0. The zero-order valence-corrected chi connectivity index (χ0v) is 23.6. The SMILES string of the molecule is C[C@@]1(C#N)C=NC(c2ccc(C3=C(N4C5=C(C=CCC5)N(C5=CC=CCC5)c5ccccc54)CCC=C3)cc2)=CC1. The van der Waals surface area contributed by atoms with Gasteiger partial charge >= 0.3 is 0 Å². The largest absolute Gasteiger partial charge is 0.313 e. The summed E-state index contributed by atoms with van der Waals surface area (Å²) in [5, 5.41) is 9.43. The van der Waals surface area contributed by atoms with E-state index < -0.39 is 5.41 Å². The molecule has 0 unspecified atom stereocenters. The molecule has 0 saturated heterocycles. The van der Waals surface area contributed by atoms with Crippen LogP contribution in [0.3, 0.4) is 0 Å². The van der Waals surface area contributed by atoms with Crippen molar-refractivity contribution < 1.29 is 0 Å². The Bertz CT molecular complexity index is 1680. The van der Waals surface area contributed by atoms with Crippen LogP contribution < -0.4 is 9.80 Å². The summed E-state index contributed by atoms with van der Waals surface area (Å²) in [6.07, 6.45) is 26.8. The van der Waals surface area contributed by atoms with Crippen LogP contribution in [0.1, 0.15) is 63.0 Å². The molecule has 0 aromatic heterocycles. The van der Waals surface area contributed by atoms with Gasteiger partial charge in [0.05, 0.1) is 34.3 Å². The second kappa shape index (κ2) is 10.4. The minimum Gasteiger partial charge on any atom is -0.313 e. The summed E-state index contributed by atoms with van der Waals surface area (Å²) in [6.45, 7) is 1.93. The van der Waals surface area contributed by atoms with Gasteiger partial charge in [-0.15, -0.1) is 0 Å². The number of para-hydroxylation sites is 2. The highest BCUT2D eigenvalue weighted by atomic mass is 15.3. The molecule has 2 aromatic carbocycles. The molecule has 2 aromatic rings. The highest BCUT2D eigenvalue weighted by Crippen LogP contribution is 2.49. The van der Waals surface area contributed by atoms with Crippen LogP contribution in [0, 0.1) is 16.7 Å². The summed E-state index contributed by atoms with van der Waals surface area (Å²) >= 11 is 0. The molecule has 0 bridgehead atoms. The lowest BCUT2D eigenvalue weighted by Crippen LogP contribution is -2.37. The van der Waals surface area contributed by atoms with Crippen LogP contribution in [-0.2, 0) is 0 Å². The third-order valence-electron chi connectivity index (χ3n) is 8.64. The Morgan fingerprint density at radius 2 is 1.51 bits per heavy atom. The van der Waals surface area contributed by atoms with Gasteiger partial charge in [-0.1, -0.05) is 72.9 Å². The summed E-state index contributed by atoms with van der Waals surface area (Å²) in [7, 11) is 0. The molecule has 0 N–H and O–H groups in total. The normalized spacial score (nSPS) is 23.2. The average Bonchev–Trinajstić information content (AvgIpc) is 3.04. The number of nitriles is 1. The number of hydrogen-bond acceptors (Lipinski definition) is 4. The lowest BCUT2D eigenvalue weighted by atomic mass is 9.87. The van der Waals surface area contributed by atoms with E-state index in [-0.39, 0.29) is 0 Å². The Morgan fingerprint density at radius 1 is 0.805 bits per heavy atom. The molecule has 7 rings (SSSR count). The van der Waals surface area contributed by atoms with Crippen LogP contribution in [0.5, 0.6) is 0 Å². The Balaban J connectivity index is 1.32. The third-order valence-corrected chi connectivity index (χ3v) is 8.64. The number of aliphatic imine (C=N–C) groups is 1. The maximum atomic E-state index is 9.43. The summed E-state index contributed by atoms with van der Waals surface area (Å²) in [4.78, 5) is 9.70.